The highest BCUT2D eigenvalue weighted by atomic mass is 16.6. The van der Waals surface area contributed by atoms with Crippen LogP contribution in [0.15, 0.2) is 42.6 Å². The molecule has 1 aliphatic rings. The summed E-state index contributed by atoms with van der Waals surface area (Å²) in [7, 11) is 0. The van der Waals surface area contributed by atoms with Gasteiger partial charge >= 0.3 is 6.09 Å². The first-order valence-corrected chi connectivity index (χ1v) is 10.6. The summed E-state index contributed by atoms with van der Waals surface area (Å²) in [5.41, 5.74) is 0.0569. The van der Waals surface area contributed by atoms with Crippen LogP contribution in [0.4, 0.5) is 4.79 Å². The van der Waals surface area contributed by atoms with E-state index in [1.165, 1.54) is 11.8 Å². The topological polar surface area (TPSA) is 86.5 Å². The van der Waals surface area contributed by atoms with Crippen molar-refractivity contribution in [1.82, 2.24) is 9.88 Å². The van der Waals surface area contributed by atoms with E-state index in [9.17, 15) is 15.2 Å². The number of likely N-dealkylation sites (tertiary alicyclic amines) is 1. The molecule has 1 N–H and O–H groups in total. The Balaban J connectivity index is 2.01. The second-order valence-corrected chi connectivity index (χ2v) is 9.93. The van der Waals surface area contributed by atoms with Crippen molar-refractivity contribution >= 4 is 6.09 Å². The molecule has 0 saturated carbocycles. The summed E-state index contributed by atoms with van der Waals surface area (Å²) in [4.78, 5) is 18.2. The second kappa shape index (κ2) is 7.97. The number of benzene rings is 1. The minimum Gasteiger partial charge on any atom is -0.444 e. The Kier molecular flexibility index (Phi) is 5.86. The molecule has 0 radical (unpaired) electrons. The highest BCUT2D eigenvalue weighted by Gasteiger charge is 2.58. The van der Waals surface area contributed by atoms with Crippen molar-refractivity contribution in [2.45, 2.75) is 58.7 Å². The standard InChI is InChI=1S/C25H31N3O3/c1-17(2)18-7-9-19(10-8-18)25(30,20-11-12-27-21(13-20)14-26)24(6)15-28(16-24)22(29)31-23(3,4)5/h7-13,17,30H,15-16H2,1-6H3. The van der Waals surface area contributed by atoms with Crippen LogP contribution >= 0.6 is 0 Å². The Morgan fingerprint density at radius 2 is 1.81 bits per heavy atom. The lowest BCUT2D eigenvalue weighted by Crippen LogP contribution is -2.66. The lowest BCUT2D eigenvalue weighted by molar-refractivity contribution is -0.131. The van der Waals surface area contributed by atoms with E-state index in [2.05, 4.69) is 18.8 Å². The van der Waals surface area contributed by atoms with E-state index in [-0.39, 0.29) is 5.69 Å². The van der Waals surface area contributed by atoms with Gasteiger partial charge in [0.05, 0.1) is 0 Å². The average Bonchev–Trinajstić information content (AvgIpc) is 2.69. The van der Waals surface area contributed by atoms with Crippen molar-refractivity contribution in [2.24, 2.45) is 5.41 Å². The molecule has 2 heterocycles. The summed E-state index contributed by atoms with van der Waals surface area (Å²) in [5, 5.41) is 21.5. The number of carbonyl (C=O) groups excluding carboxylic acids is 1. The largest absolute Gasteiger partial charge is 0.444 e. The van der Waals surface area contributed by atoms with Crippen LogP contribution in [0.25, 0.3) is 0 Å². The molecule has 1 aromatic heterocycles. The van der Waals surface area contributed by atoms with Crippen molar-refractivity contribution in [3.05, 3.63) is 65.0 Å². The summed E-state index contributed by atoms with van der Waals surface area (Å²) in [5.74, 6) is 0.371. The van der Waals surface area contributed by atoms with Crippen molar-refractivity contribution in [1.29, 1.82) is 5.26 Å². The number of hydrogen-bond donors (Lipinski definition) is 1. The van der Waals surface area contributed by atoms with E-state index in [0.29, 0.717) is 24.6 Å². The predicted molar refractivity (Wildman–Crippen MR) is 118 cm³/mol. The molecule has 164 valence electrons. The molecular weight excluding hydrogens is 390 g/mol. The van der Waals surface area contributed by atoms with Gasteiger partial charge in [0.25, 0.3) is 0 Å². The Morgan fingerprint density at radius 1 is 1.19 bits per heavy atom. The molecule has 1 atom stereocenters. The van der Waals surface area contributed by atoms with Gasteiger partial charge in [-0.2, -0.15) is 5.26 Å². The van der Waals surface area contributed by atoms with Gasteiger partial charge in [-0.15, -0.1) is 0 Å². The van der Waals surface area contributed by atoms with Gasteiger partial charge in [-0.05, 0) is 55.5 Å². The van der Waals surface area contributed by atoms with Crippen LogP contribution in [0.5, 0.6) is 0 Å². The second-order valence-electron chi connectivity index (χ2n) is 9.93. The number of aliphatic hydroxyl groups is 1. The lowest BCUT2D eigenvalue weighted by atomic mass is 9.62. The third-order valence-corrected chi connectivity index (χ3v) is 5.89. The van der Waals surface area contributed by atoms with Gasteiger partial charge in [-0.25, -0.2) is 9.78 Å². The normalized spacial score (nSPS) is 17.5. The maximum Gasteiger partial charge on any atom is 0.410 e. The average molecular weight is 422 g/mol. The summed E-state index contributed by atoms with van der Waals surface area (Å²) in [6, 6.07) is 13.3. The molecule has 1 amide bonds. The highest BCUT2D eigenvalue weighted by molar-refractivity contribution is 5.70. The Hall–Kier alpha value is -2.91. The van der Waals surface area contributed by atoms with Crippen molar-refractivity contribution in [2.75, 3.05) is 13.1 Å². The minimum absolute atomic E-state index is 0.238. The fourth-order valence-corrected chi connectivity index (χ4v) is 4.17. The Labute approximate surface area is 184 Å². The van der Waals surface area contributed by atoms with E-state index in [1.54, 1.807) is 17.0 Å². The third-order valence-electron chi connectivity index (χ3n) is 5.89. The fourth-order valence-electron chi connectivity index (χ4n) is 4.17. The molecular formula is C25H31N3O3. The lowest BCUT2D eigenvalue weighted by Gasteiger charge is -2.56. The first kappa shape index (κ1) is 22.8. The molecule has 6 heteroatoms. The molecule has 0 aliphatic carbocycles. The molecule has 0 bridgehead atoms. The van der Waals surface area contributed by atoms with E-state index < -0.39 is 22.7 Å². The number of hydrogen-bond acceptors (Lipinski definition) is 5. The van der Waals surface area contributed by atoms with Gasteiger partial charge in [0, 0.05) is 24.7 Å². The molecule has 1 aliphatic heterocycles. The molecule has 1 fully saturated rings. The number of ether oxygens (including phenoxy) is 1. The van der Waals surface area contributed by atoms with Crippen LogP contribution < -0.4 is 0 Å². The summed E-state index contributed by atoms with van der Waals surface area (Å²) < 4.78 is 5.49. The number of amides is 1. The van der Waals surface area contributed by atoms with Crippen molar-refractivity contribution in [3.63, 3.8) is 0 Å². The van der Waals surface area contributed by atoms with Gasteiger partial charge in [-0.1, -0.05) is 45.0 Å². The van der Waals surface area contributed by atoms with Crippen LogP contribution in [0, 0.1) is 16.7 Å². The molecule has 3 rings (SSSR count). The SMILES string of the molecule is CC(C)c1ccc(C(O)(c2ccnc(C#N)c2)C2(C)CN(C(=O)OC(C)(C)C)C2)cc1. The maximum atomic E-state index is 12.5. The maximum absolute atomic E-state index is 12.5. The number of nitrogens with zero attached hydrogens (tertiary/aromatic N) is 3. The van der Waals surface area contributed by atoms with Crippen LogP contribution in [-0.2, 0) is 10.3 Å². The first-order valence-electron chi connectivity index (χ1n) is 10.6. The number of nitriles is 1. The van der Waals surface area contributed by atoms with Crippen molar-refractivity contribution < 1.29 is 14.6 Å². The molecule has 31 heavy (non-hydrogen) atoms. The van der Waals surface area contributed by atoms with Gasteiger partial charge < -0.3 is 14.7 Å². The van der Waals surface area contributed by atoms with Gasteiger partial charge in [-0.3, -0.25) is 0 Å². The number of pyridine rings is 1. The fraction of sp³-hybridized carbons (Fsp3) is 0.480. The van der Waals surface area contributed by atoms with Crippen LogP contribution in [0.2, 0.25) is 0 Å². The number of carbonyl (C=O) groups is 1. The van der Waals surface area contributed by atoms with E-state index >= 15 is 0 Å². The monoisotopic (exact) mass is 421 g/mol. The Bertz CT molecular complexity index is 996. The van der Waals surface area contributed by atoms with Crippen LogP contribution in [0.1, 0.15) is 69.8 Å². The van der Waals surface area contributed by atoms with Crippen molar-refractivity contribution in [3.8, 4) is 6.07 Å². The van der Waals surface area contributed by atoms with Gasteiger partial charge in [0.2, 0.25) is 0 Å². The smallest absolute Gasteiger partial charge is 0.410 e. The Morgan fingerprint density at radius 3 is 2.32 bits per heavy atom. The van der Waals surface area contributed by atoms with Crippen LogP contribution in [-0.4, -0.2) is 39.8 Å². The van der Waals surface area contributed by atoms with Gasteiger partial charge in [0.1, 0.15) is 23.0 Å². The molecule has 1 unspecified atom stereocenters. The molecule has 1 aromatic carbocycles. The van der Waals surface area contributed by atoms with Crippen LogP contribution in [0.3, 0.4) is 0 Å². The van der Waals surface area contributed by atoms with E-state index in [4.69, 9.17) is 4.74 Å². The molecule has 0 spiro atoms. The zero-order chi connectivity index (χ0) is 23.0. The van der Waals surface area contributed by atoms with E-state index in [0.717, 1.165) is 5.56 Å². The number of rotatable bonds is 4. The molecule has 1 saturated heterocycles. The minimum atomic E-state index is -1.41. The summed E-state index contributed by atoms with van der Waals surface area (Å²) in [6.07, 6.45) is 1.14. The first-order chi connectivity index (χ1) is 14.4. The predicted octanol–water partition coefficient (Wildman–Crippen LogP) is 4.57. The zero-order valence-corrected chi connectivity index (χ0v) is 19.1. The third kappa shape index (κ3) is 4.28. The van der Waals surface area contributed by atoms with E-state index in [1.807, 2.05) is 58.0 Å². The summed E-state index contributed by atoms with van der Waals surface area (Å²) in [6.45, 7) is 12.3. The van der Waals surface area contributed by atoms with Gasteiger partial charge in [0.15, 0.2) is 0 Å². The highest BCUT2D eigenvalue weighted by Crippen LogP contribution is 2.51. The number of aromatic nitrogens is 1. The quantitative estimate of drug-likeness (QED) is 0.781. The summed E-state index contributed by atoms with van der Waals surface area (Å²) >= 11 is 0. The zero-order valence-electron chi connectivity index (χ0n) is 19.1. The molecule has 2 aromatic rings. The molecule has 6 nitrogen and oxygen atoms in total.